The summed E-state index contributed by atoms with van der Waals surface area (Å²) < 4.78 is 29.6. The van der Waals surface area contributed by atoms with Crippen molar-refractivity contribution in [2.75, 3.05) is 7.11 Å². The summed E-state index contributed by atoms with van der Waals surface area (Å²) in [5.74, 6) is 0.671. The Hall–Kier alpha value is -1.60. The first kappa shape index (κ1) is 14.5. The van der Waals surface area contributed by atoms with Crippen molar-refractivity contribution in [3.05, 3.63) is 47.2 Å². The van der Waals surface area contributed by atoms with Crippen molar-refractivity contribution in [2.24, 2.45) is 0 Å². The molecule has 0 N–H and O–H groups in total. The normalized spacial score (nSPS) is 10.3. The van der Waals surface area contributed by atoms with Gasteiger partial charge in [-0.3, -0.25) is 0 Å². The maximum Gasteiger partial charge on any atom is 0.239 e. The molecule has 0 spiro atoms. The quantitative estimate of drug-likeness (QED) is 0.690. The van der Waals surface area contributed by atoms with E-state index in [2.05, 4.69) is 12.3 Å². The number of ether oxygens (including phenoxy) is 1. The first-order valence-corrected chi connectivity index (χ1v) is 5.86. The molecular weight excluding hydrogens is 234 g/mol. The van der Waals surface area contributed by atoms with Gasteiger partial charge < -0.3 is 4.74 Å². The van der Waals surface area contributed by atoms with E-state index >= 15 is 0 Å². The minimum absolute atomic E-state index is 0.138. The number of hydrogen-bond acceptors (Lipinski definition) is 1. The van der Waals surface area contributed by atoms with Gasteiger partial charge in [-0.2, -0.15) is 0 Å². The molecule has 1 aromatic carbocycles. The fourth-order valence-corrected chi connectivity index (χ4v) is 1.74. The van der Waals surface area contributed by atoms with E-state index in [4.69, 9.17) is 4.74 Å². The van der Waals surface area contributed by atoms with Gasteiger partial charge in [-0.15, -0.1) is 5.73 Å². The van der Waals surface area contributed by atoms with Crippen LogP contribution < -0.4 is 4.74 Å². The van der Waals surface area contributed by atoms with Crippen LogP contribution in [0.4, 0.5) is 8.78 Å². The molecule has 0 aliphatic rings. The van der Waals surface area contributed by atoms with E-state index in [0.29, 0.717) is 12.2 Å². The summed E-state index contributed by atoms with van der Waals surface area (Å²) in [5, 5.41) is 0. The van der Waals surface area contributed by atoms with E-state index in [1.165, 1.54) is 0 Å². The van der Waals surface area contributed by atoms with Crippen molar-refractivity contribution < 1.29 is 13.5 Å². The van der Waals surface area contributed by atoms with Gasteiger partial charge in [-0.25, -0.2) is 8.78 Å². The third kappa shape index (κ3) is 4.34. The SMILES string of the molecule is C=C=C(C)Cc1ccc(CCC(F)F)c(OC)c1. The second-order valence-electron chi connectivity index (χ2n) is 4.21. The largest absolute Gasteiger partial charge is 0.496 e. The molecule has 1 rings (SSSR count). The summed E-state index contributed by atoms with van der Waals surface area (Å²) in [6.07, 6.45) is -1.34. The van der Waals surface area contributed by atoms with Crippen LogP contribution in [0, 0.1) is 0 Å². The molecule has 0 fully saturated rings. The van der Waals surface area contributed by atoms with E-state index in [9.17, 15) is 8.78 Å². The third-order valence-corrected chi connectivity index (χ3v) is 2.75. The van der Waals surface area contributed by atoms with Gasteiger partial charge in [0, 0.05) is 12.8 Å². The summed E-state index contributed by atoms with van der Waals surface area (Å²) >= 11 is 0. The lowest BCUT2D eigenvalue weighted by atomic mass is 10.0. The molecule has 18 heavy (non-hydrogen) atoms. The average Bonchev–Trinajstić information content (AvgIpc) is 2.36. The van der Waals surface area contributed by atoms with E-state index in [1.807, 2.05) is 25.1 Å². The summed E-state index contributed by atoms with van der Waals surface area (Å²) in [6.45, 7) is 5.54. The summed E-state index contributed by atoms with van der Waals surface area (Å²) in [6, 6.07) is 5.68. The van der Waals surface area contributed by atoms with Crippen molar-refractivity contribution in [1.29, 1.82) is 0 Å². The van der Waals surface area contributed by atoms with Gasteiger partial charge >= 0.3 is 0 Å². The molecule has 0 bridgehead atoms. The molecule has 0 heterocycles. The molecule has 0 saturated heterocycles. The highest BCUT2D eigenvalue weighted by Crippen LogP contribution is 2.23. The Balaban J connectivity index is 2.85. The van der Waals surface area contributed by atoms with Crippen molar-refractivity contribution in [1.82, 2.24) is 0 Å². The Bertz CT molecular complexity index is 446. The zero-order valence-electron chi connectivity index (χ0n) is 10.8. The van der Waals surface area contributed by atoms with E-state index in [1.54, 1.807) is 7.11 Å². The molecule has 0 atom stereocenters. The number of benzene rings is 1. The molecule has 0 unspecified atom stereocenters. The smallest absolute Gasteiger partial charge is 0.239 e. The Morgan fingerprint density at radius 2 is 2.17 bits per heavy atom. The molecule has 0 radical (unpaired) electrons. The first-order valence-electron chi connectivity index (χ1n) is 5.86. The number of aryl methyl sites for hydroxylation is 1. The Morgan fingerprint density at radius 1 is 1.44 bits per heavy atom. The van der Waals surface area contributed by atoms with Crippen molar-refractivity contribution >= 4 is 0 Å². The van der Waals surface area contributed by atoms with E-state index < -0.39 is 6.43 Å². The van der Waals surface area contributed by atoms with Crippen LogP contribution in [0.15, 0.2) is 36.1 Å². The molecule has 1 nitrogen and oxygen atoms in total. The van der Waals surface area contributed by atoms with Gasteiger partial charge in [0.05, 0.1) is 7.11 Å². The second-order valence-corrected chi connectivity index (χ2v) is 4.21. The predicted octanol–water partition coefficient (Wildman–Crippen LogP) is 4.17. The monoisotopic (exact) mass is 252 g/mol. The highest BCUT2D eigenvalue weighted by Gasteiger charge is 2.08. The van der Waals surface area contributed by atoms with Crippen LogP contribution in [0.5, 0.6) is 5.75 Å². The third-order valence-electron chi connectivity index (χ3n) is 2.75. The molecule has 0 aliphatic heterocycles. The number of hydrogen-bond donors (Lipinski definition) is 0. The Labute approximate surface area is 107 Å². The minimum atomic E-state index is -2.28. The van der Waals surface area contributed by atoms with E-state index in [0.717, 1.165) is 23.1 Å². The number of allylic oxidation sites excluding steroid dienone is 1. The molecule has 3 heteroatoms. The predicted molar refractivity (Wildman–Crippen MR) is 69.4 cm³/mol. The van der Waals surface area contributed by atoms with Gasteiger partial charge in [-0.1, -0.05) is 18.7 Å². The van der Waals surface area contributed by atoms with Crippen LogP contribution >= 0.6 is 0 Å². The first-order chi connectivity index (χ1) is 8.56. The van der Waals surface area contributed by atoms with Gasteiger partial charge in [0.2, 0.25) is 6.43 Å². The highest BCUT2D eigenvalue weighted by atomic mass is 19.3. The Kier molecular flexibility index (Phi) is 5.60. The molecule has 1 aromatic rings. The fraction of sp³-hybridized carbons (Fsp3) is 0.400. The zero-order chi connectivity index (χ0) is 13.5. The minimum Gasteiger partial charge on any atom is -0.496 e. The second kappa shape index (κ2) is 6.97. The molecule has 0 amide bonds. The summed E-state index contributed by atoms with van der Waals surface area (Å²) in [5.41, 5.74) is 5.76. The van der Waals surface area contributed by atoms with Crippen LogP contribution in [0.25, 0.3) is 0 Å². The average molecular weight is 252 g/mol. The van der Waals surface area contributed by atoms with Crippen LogP contribution in [0.3, 0.4) is 0 Å². The maximum absolute atomic E-state index is 12.2. The van der Waals surface area contributed by atoms with Crippen LogP contribution in [0.2, 0.25) is 0 Å². The molecule has 98 valence electrons. The standard InChI is InChI=1S/C15H18F2O/c1-4-11(2)9-12-5-6-13(7-8-15(16)17)14(10-12)18-3/h5-6,10,15H,1,7-9H2,2-3H3. The summed E-state index contributed by atoms with van der Waals surface area (Å²) in [7, 11) is 1.56. The zero-order valence-corrected chi connectivity index (χ0v) is 10.8. The number of rotatable bonds is 6. The van der Waals surface area contributed by atoms with Gasteiger partial charge in [0.25, 0.3) is 0 Å². The topological polar surface area (TPSA) is 9.23 Å². The molecule has 0 aromatic heterocycles. The van der Waals surface area contributed by atoms with Crippen LogP contribution in [0.1, 0.15) is 24.5 Å². The lowest BCUT2D eigenvalue weighted by Crippen LogP contribution is -1.98. The fourth-order valence-electron chi connectivity index (χ4n) is 1.74. The van der Waals surface area contributed by atoms with Gasteiger partial charge in [0.15, 0.2) is 0 Å². The number of alkyl halides is 2. The van der Waals surface area contributed by atoms with Crippen LogP contribution in [-0.4, -0.2) is 13.5 Å². The van der Waals surface area contributed by atoms with E-state index in [-0.39, 0.29) is 6.42 Å². The maximum atomic E-state index is 12.2. The molecule has 0 saturated carbocycles. The highest BCUT2D eigenvalue weighted by molar-refractivity contribution is 5.39. The number of methoxy groups -OCH3 is 1. The van der Waals surface area contributed by atoms with Crippen molar-refractivity contribution in [2.45, 2.75) is 32.6 Å². The molecule has 0 aliphatic carbocycles. The van der Waals surface area contributed by atoms with Crippen LogP contribution in [-0.2, 0) is 12.8 Å². The van der Waals surface area contributed by atoms with Gasteiger partial charge in [0.1, 0.15) is 5.75 Å². The van der Waals surface area contributed by atoms with Crippen molar-refractivity contribution in [3.63, 3.8) is 0 Å². The summed E-state index contributed by atoms with van der Waals surface area (Å²) in [4.78, 5) is 0. The Morgan fingerprint density at radius 3 is 2.72 bits per heavy atom. The molecular formula is C15H18F2O. The lowest BCUT2D eigenvalue weighted by molar-refractivity contribution is 0.138. The van der Waals surface area contributed by atoms with Gasteiger partial charge in [-0.05, 0) is 36.1 Å². The number of halogens is 2. The van der Waals surface area contributed by atoms with Crippen molar-refractivity contribution in [3.8, 4) is 5.75 Å². The lowest BCUT2D eigenvalue weighted by Gasteiger charge is -2.10.